The summed E-state index contributed by atoms with van der Waals surface area (Å²) in [5.74, 6) is 0.833. The fourth-order valence-electron chi connectivity index (χ4n) is 2.20. The molecule has 1 atom stereocenters. The predicted molar refractivity (Wildman–Crippen MR) is 110 cm³/mol. The molecule has 0 bridgehead atoms. The first kappa shape index (κ1) is 24.4. The zero-order chi connectivity index (χ0) is 17.8. The summed E-state index contributed by atoms with van der Waals surface area (Å²) < 4.78 is 16.2. The van der Waals surface area contributed by atoms with E-state index in [-0.39, 0.29) is 36.5 Å². The standard InChI is InChI=1S/C17H33N3O4.HI/c1-5-18-16(20-11-15(21)24-17(2,3)4)19-8-6-9-22-12-14-7-10-23-13-14;/h14H,5-13H2,1-4H3,(H2,18,19,20);1H. The molecule has 1 rings (SSSR count). The van der Waals surface area contributed by atoms with Gasteiger partial charge in [-0.3, -0.25) is 4.79 Å². The molecule has 0 aromatic heterocycles. The second-order valence-corrected chi connectivity index (χ2v) is 6.87. The van der Waals surface area contributed by atoms with Crippen molar-refractivity contribution in [2.24, 2.45) is 10.9 Å². The molecule has 0 aromatic rings. The first-order valence-electron chi connectivity index (χ1n) is 8.80. The molecule has 0 amide bonds. The second kappa shape index (κ2) is 13.6. The van der Waals surface area contributed by atoms with Crippen LogP contribution in [0.25, 0.3) is 0 Å². The van der Waals surface area contributed by atoms with Crippen molar-refractivity contribution in [1.29, 1.82) is 0 Å². The normalized spacial score (nSPS) is 17.8. The summed E-state index contributed by atoms with van der Waals surface area (Å²) in [5, 5.41) is 6.30. The molecule has 2 N–H and O–H groups in total. The number of halogens is 1. The topological polar surface area (TPSA) is 81.2 Å². The molecule has 1 aliphatic rings. The number of ether oxygens (including phenoxy) is 3. The van der Waals surface area contributed by atoms with E-state index >= 15 is 0 Å². The summed E-state index contributed by atoms with van der Waals surface area (Å²) in [4.78, 5) is 15.9. The summed E-state index contributed by atoms with van der Waals surface area (Å²) >= 11 is 0. The number of carbonyl (C=O) groups is 1. The zero-order valence-electron chi connectivity index (χ0n) is 15.9. The first-order valence-corrected chi connectivity index (χ1v) is 8.80. The fourth-order valence-corrected chi connectivity index (χ4v) is 2.20. The van der Waals surface area contributed by atoms with Crippen LogP contribution in [0.2, 0.25) is 0 Å². The number of hydrogen-bond donors (Lipinski definition) is 2. The Kier molecular flexibility index (Phi) is 13.2. The minimum atomic E-state index is -0.486. The molecule has 1 heterocycles. The van der Waals surface area contributed by atoms with Gasteiger partial charge in [0.15, 0.2) is 5.96 Å². The van der Waals surface area contributed by atoms with E-state index in [1.165, 1.54) is 0 Å². The summed E-state index contributed by atoms with van der Waals surface area (Å²) in [6, 6.07) is 0. The Labute approximate surface area is 168 Å². The maximum atomic E-state index is 11.7. The lowest BCUT2D eigenvalue weighted by atomic mass is 10.1. The Balaban J connectivity index is 0.00000576. The van der Waals surface area contributed by atoms with E-state index in [1.54, 1.807) is 0 Å². The average molecular weight is 471 g/mol. The number of nitrogens with one attached hydrogen (secondary N) is 2. The van der Waals surface area contributed by atoms with Crippen LogP contribution in [0.5, 0.6) is 0 Å². The summed E-state index contributed by atoms with van der Waals surface area (Å²) in [5.41, 5.74) is -0.486. The van der Waals surface area contributed by atoms with Crippen molar-refractivity contribution in [2.45, 2.75) is 46.1 Å². The molecule has 1 fully saturated rings. The quantitative estimate of drug-likeness (QED) is 0.176. The zero-order valence-corrected chi connectivity index (χ0v) is 18.3. The van der Waals surface area contributed by atoms with Crippen LogP contribution in [0, 0.1) is 5.92 Å². The van der Waals surface area contributed by atoms with Gasteiger partial charge in [0, 0.05) is 32.2 Å². The Bertz CT molecular complexity index is 394. The lowest BCUT2D eigenvalue weighted by molar-refractivity contribution is -0.152. The summed E-state index contributed by atoms with van der Waals surface area (Å²) in [6.07, 6.45) is 1.98. The third kappa shape index (κ3) is 13.3. The molecule has 0 radical (unpaired) electrons. The third-order valence-electron chi connectivity index (χ3n) is 3.27. The highest BCUT2D eigenvalue weighted by atomic mass is 127. The maximum Gasteiger partial charge on any atom is 0.328 e. The van der Waals surface area contributed by atoms with Crippen molar-refractivity contribution in [3.05, 3.63) is 0 Å². The van der Waals surface area contributed by atoms with Crippen LogP contribution in [-0.2, 0) is 19.0 Å². The minimum absolute atomic E-state index is 0. The van der Waals surface area contributed by atoms with E-state index < -0.39 is 5.60 Å². The van der Waals surface area contributed by atoms with Crippen LogP contribution >= 0.6 is 24.0 Å². The lowest BCUT2D eigenvalue weighted by Gasteiger charge is -2.19. The Morgan fingerprint density at radius 1 is 1.32 bits per heavy atom. The Morgan fingerprint density at radius 2 is 2.08 bits per heavy atom. The van der Waals surface area contributed by atoms with Crippen LogP contribution in [0.15, 0.2) is 4.99 Å². The second-order valence-electron chi connectivity index (χ2n) is 6.87. The van der Waals surface area contributed by atoms with Gasteiger partial charge in [0.1, 0.15) is 12.1 Å². The molecule has 25 heavy (non-hydrogen) atoms. The molecule has 7 nitrogen and oxygen atoms in total. The average Bonchev–Trinajstić information content (AvgIpc) is 2.99. The molecular weight excluding hydrogens is 437 g/mol. The molecule has 0 saturated carbocycles. The number of hydrogen-bond acceptors (Lipinski definition) is 5. The highest BCUT2D eigenvalue weighted by Crippen LogP contribution is 2.12. The molecule has 0 aliphatic carbocycles. The van der Waals surface area contributed by atoms with E-state index in [4.69, 9.17) is 14.2 Å². The van der Waals surface area contributed by atoms with Crippen LogP contribution < -0.4 is 10.6 Å². The van der Waals surface area contributed by atoms with Gasteiger partial charge in [-0.15, -0.1) is 24.0 Å². The number of nitrogens with zero attached hydrogens (tertiary/aromatic N) is 1. The van der Waals surface area contributed by atoms with Gasteiger partial charge in [0.2, 0.25) is 0 Å². The molecule has 0 spiro atoms. The molecule has 1 unspecified atom stereocenters. The van der Waals surface area contributed by atoms with Crippen LogP contribution in [0.1, 0.15) is 40.5 Å². The molecule has 8 heteroatoms. The Hall–Kier alpha value is -0.610. The molecule has 1 saturated heterocycles. The van der Waals surface area contributed by atoms with Crippen LogP contribution in [0.4, 0.5) is 0 Å². The van der Waals surface area contributed by atoms with Gasteiger partial charge >= 0.3 is 5.97 Å². The first-order chi connectivity index (χ1) is 11.4. The van der Waals surface area contributed by atoms with Gasteiger partial charge < -0.3 is 24.8 Å². The highest BCUT2D eigenvalue weighted by Gasteiger charge is 2.16. The molecule has 1 aliphatic heterocycles. The number of esters is 1. The smallest absolute Gasteiger partial charge is 0.328 e. The van der Waals surface area contributed by atoms with Crippen molar-refractivity contribution in [2.75, 3.05) is 46.1 Å². The number of aliphatic imine (C=N–C) groups is 1. The number of rotatable bonds is 9. The van der Waals surface area contributed by atoms with E-state index in [2.05, 4.69) is 15.6 Å². The van der Waals surface area contributed by atoms with Gasteiger partial charge in [0.05, 0.1) is 13.2 Å². The minimum Gasteiger partial charge on any atom is -0.459 e. The molecule has 0 aromatic carbocycles. The van der Waals surface area contributed by atoms with Crippen LogP contribution in [0.3, 0.4) is 0 Å². The highest BCUT2D eigenvalue weighted by molar-refractivity contribution is 14.0. The van der Waals surface area contributed by atoms with Gasteiger partial charge in [-0.1, -0.05) is 0 Å². The van der Waals surface area contributed by atoms with Gasteiger partial charge in [0.25, 0.3) is 0 Å². The predicted octanol–water partition coefficient (Wildman–Crippen LogP) is 1.94. The fraction of sp³-hybridized carbons (Fsp3) is 0.882. The number of carbonyl (C=O) groups excluding carboxylic acids is 1. The number of guanidine groups is 1. The Morgan fingerprint density at radius 3 is 2.68 bits per heavy atom. The van der Waals surface area contributed by atoms with Gasteiger partial charge in [-0.05, 0) is 40.5 Å². The van der Waals surface area contributed by atoms with Crippen molar-refractivity contribution in [1.82, 2.24) is 10.6 Å². The summed E-state index contributed by atoms with van der Waals surface area (Å²) in [7, 11) is 0. The largest absolute Gasteiger partial charge is 0.459 e. The molecule has 148 valence electrons. The summed E-state index contributed by atoms with van der Waals surface area (Å²) in [6.45, 7) is 12.1. The van der Waals surface area contributed by atoms with Crippen LogP contribution in [-0.4, -0.2) is 63.6 Å². The van der Waals surface area contributed by atoms with Crippen molar-refractivity contribution in [3.8, 4) is 0 Å². The third-order valence-corrected chi connectivity index (χ3v) is 3.27. The van der Waals surface area contributed by atoms with Gasteiger partial charge in [-0.2, -0.15) is 0 Å². The van der Waals surface area contributed by atoms with Crippen molar-refractivity contribution >= 4 is 35.9 Å². The lowest BCUT2D eigenvalue weighted by Crippen LogP contribution is -2.38. The maximum absolute atomic E-state index is 11.7. The van der Waals surface area contributed by atoms with Crippen molar-refractivity contribution < 1.29 is 19.0 Å². The van der Waals surface area contributed by atoms with E-state index in [9.17, 15) is 4.79 Å². The SMILES string of the molecule is CCNC(=NCC(=O)OC(C)(C)C)NCCCOCC1CCOC1.I. The van der Waals surface area contributed by atoms with E-state index in [1.807, 2.05) is 27.7 Å². The molecular formula is C17H34IN3O4. The van der Waals surface area contributed by atoms with E-state index in [0.717, 1.165) is 45.8 Å². The van der Waals surface area contributed by atoms with E-state index in [0.29, 0.717) is 18.5 Å². The monoisotopic (exact) mass is 471 g/mol. The van der Waals surface area contributed by atoms with Gasteiger partial charge in [-0.25, -0.2) is 4.99 Å². The van der Waals surface area contributed by atoms with Crippen molar-refractivity contribution in [3.63, 3.8) is 0 Å².